The molecule has 2 rings (SSSR count). The van der Waals surface area contributed by atoms with Gasteiger partial charge in [0.05, 0.1) is 11.8 Å². The predicted octanol–water partition coefficient (Wildman–Crippen LogP) is 3.40. The zero-order chi connectivity index (χ0) is 15.9. The molecule has 0 saturated carbocycles. The van der Waals surface area contributed by atoms with Crippen LogP contribution in [-0.4, -0.2) is 20.9 Å². The largest absolute Gasteiger partial charge is 0.487 e. The molecule has 0 saturated heterocycles. The van der Waals surface area contributed by atoms with Crippen LogP contribution in [0, 0.1) is 0 Å². The van der Waals surface area contributed by atoms with E-state index in [1.165, 1.54) is 0 Å². The molecule has 2 unspecified atom stereocenters. The van der Waals surface area contributed by atoms with Crippen molar-refractivity contribution in [3.05, 3.63) is 59.7 Å². The molecule has 2 aromatic carbocycles. The van der Waals surface area contributed by atoms with Gasteiger partial charge in [-0.25, -0.2) is 4.21 Å². The van der Waals surface area contributed by atoms with Crippen LogP contribution in [0.1, 0.15) is 17.2 Å². The highest BCUT2D eigenvalue weighted by molar-refractivity contribution is 9.09. The van der Waals surface area contributed by atoms with E-state index in [0.717, 1.165) is 11.1 Å². The van der Waals surface area contributed by atoms with Gasteiger partial charge in [0, 0.05) is 11.6 Å². The van der Waals surface area contributed by atoms with E-state index in [1.807, 2.05) is 30.3 Å². The van der Waals surface area contributed by atoms with E-state index in [-0.39, 0.29) is 0 Å². The second kappa shape index (κ2) is 8.31. The van der Waals surface area contributed by atoms with Crippen molar-refractivity contribution >= 4 is 32.6 Å². The molecule has 2 atom stereocenters. The van der Waals surface area contributed by atoms with Gasteiger partial charge < -0.3 is 14.6 Å². The molecule has 0 fully saturated rings. The highest BCUT2D eigenvalue weighted by Crippen LogP contribution is 2.30. The summed E-state index contributed by atoms with van der Waals surface area (Å²) in [6.45, 7) is 0.423. The fraction of sp³-hybridized carbons (Fsp3) is 0.250. The number of nitrogens with one attached hydrogen (secondary N) is 1. The van der Waals surface area contributed by atoms with Crippen LogP contribution in [0.5, 0.6) is 5.75 Å². The highest BCUT2D eigenvalue weighted by Gasteiger charge is 2.11. The Balaban J connectivity index is 2.19. The minimum atomic E-state index is -1.22. The smallest absolute Gasteiger partial charge is 0.143 e. The molecule has 0 spiro atoms. The van der Waals surface area contributed by atoms with Crippen molar-refractivity contribution in [3.63, 3.8) is 0 Å². The molecule has 6 heteroatoms. The van der Waals surface area contributed by atoms with Gasteiger partial charge in [-0.15, -0.1) is 0 Å². The molecule has 0 aromatic heterocycles. The Morgan fingerprint density at radius 2 is 2.00 bits per heavy atom. The monoisotopic (exact) mass is 383 g/mol. The molecule has 118 valence electrons. The third-order valence-electron chi connectivity index (χ3n) is 3.03. The maximum atomic E-state index is 11.5. The summed E-state index contributed by atoms with van der Waals surface area (Å²) in [4.78, 5) is 0. The lowest BCUT2D eigenvalue weighted by Gasteiger charge is -2.15. The molecular weight excluding hydrogens is 366 g/mol. The Bertz CT molecular complexity index is 637. The molecular formula is C16H18BrNO3S. The van der Waals surface area contributed by atoms with E-state index < -0.39 is 17.1 Å². The van der Waals surface area contributed by atoms with Gasteiger partial charge in [-0.1, -0.05) is 52.3 Å². The summed E-state index contributed by atoms with van der Waals surface area (Å²) in [5.41, 5.74) is 2.39. The summed E-state index contributed by atoms with van der Waals surface area (Å²) in [5, 5.41) is 10.3. The molecule has 22 heavy (non-hydrogen) atoms. The Morgan fingerprint density at radius 3 is 2.64 bits per heavy atom. The molecule has 0 radical (unpaired) electrons. The lowest BCUT2D eigenvalue weighted by molar-refractivity contribution is 0.205. The highest BCUT2D eigenvalue weighted by atomic mass is 79.9. The zero-order valence-corrected chi connectivity index (χ0v) is 14.6. The molecule has 4 nitrogen and oxygen atoms in total. The third kappa shape index (κ3) is 4.83. The Morgan fingerprint density at radius 1 is 1.27 bits per heavy atom. The molecule has 0 heterocycles. The lowest BCUT2D eigenvalue weighted by atomic mass is 10.1. The molecule has 0 aliphatic carbocycles. The number of anilines is 1. The molecule has 2 aromatic rings. The molecule has 0 amide bonds. The van der Waals surface area contributed by atoms with Crippen LogP contribution in [-0.2, 0) is 17.6 Å². The minimum absolute atomic E-state index is 0.423. The first kappa shape index (κ1) is 17.0. The fourth-order valence-electron chi connectivity index (χ4n) is 1.94. The maximum Gasteiger partial charge on any atom is 0.143 e. The van der Waals surface area contributed by atoms with Crippen molar-refractivity contribution in [2.24, 2.45) is 0 Å². The second-order valence-corrected chi connectivity index (χ2v) is 6.52. The average molecular weight is 384 g/mol. The normalized spacial score (nSPS) is 13.4. The zero-order valence-electron chi connectivity index (χ0n) is 12.2. The fourth-order valence-corrected chi connectivity index (χ4v) is 2.78. The standard InChI is InChI=1S/C16H18BrNO3S/c1-22(20)18-14-9-13(15(19)10-17)7-8-16(14)21-11-12-5-3-2-4-6-12/h2-9,15,18-19H,10-11H2,1H3. The third-order valence-corrected chi connectivity index (χ3v) is 4.15. The maximum absolute atomic E-state index is 11.5. The van der Waals surface area contributed by atoms with Gasteiger partial charge in [-0.05, 0) is 23.3 Å². The van der Waals surface area contributed by atoms with E-state index in [1.54, 1.807) is 24.5 Å². The SMILES string of the molecule is CS(=O)Nc1cc(C(O)CBr)ccc1OCc1ccccc1. The minimum Gasteiger partial charge on any atom is -0.487 e. The number of aliphatic hydroxyl groups excluding tert-OH is 1. The summed E-state index contributed by atoms with van der Waals surface area (Å²) >= 11 is 3.25. The quantitative estimate of drug-likeness (QED) is 0.720. The Hall–Kier alpha value is -1.37. The van der Waals surface area contributed by atoms with Crippen molar-refractivity contribution < 1.29 is 14.1 Å². The van der Waals surface area contributed by atoms with Crippen molar-refractivity contribution in [1.82, 2.24) is 0 Å². The number of alkyl halides is 1. The lowest BCUT2D eigenvalue weighted by Crippen LogP contribution is -2.07. The second-order valence-electron chi connectivity index (χ2n) is 4.76. The summed E-state index contributed by atoms with van der Waals surface area (Å²) in [6, 6.07) is 15.2. The van der Waals surface area contributed by atoms with E-state index >= 15 is 0 Å². The Kier molecular flexibility index (Phi) is 6.42. The van der Waals surface area contributed by atoms with Crippen molar-refractivity contribution in [1.29, 1.82) is 0 Å². The van der Waals surface area contributed by atoms with Crippen LogP contribution >= 0.6 is 15.9 Å². The van der Waals surface area contributed by atoms with Crippen LogP contribution in [0.25, 0.3) is 0 Å². The molecule has 2 N–H and O–H groups in total. The Labute approximate surface area is 141 Å². The first-order chi connectivity index (χ1) is 10.6. The first-order valence-corrected chi connectivity index (χ1v) is 9.43. The van der Waals surface area contributed by atoms with Gasteiger partial charge >= 0.3 is 0 Å². The van der Waals surface area contributed by atoms with Gasteiger partial charge in [0.25, 0.3) is 0 Å². The predicted molar refractivity (Wildman–Crippen MR) is 93.7 cm³/mol. The van der Waals surface area contributed by atoms with Gasteiger partial charge in [-0.2, -0.15) is 0 Å². The molecule has 0 aliphatic rings. The van der Waals surface area contributed by atoms with Crippen LogP contribution in [0.4, 0.5) is 5.69 Å². The number of ether oxygens (including phenoxy) is 1. The molecule has 0 aliphatic heterocycles. The van der Waals surface area contributed by atoms with Crippen LogP contribution in [0.3, 0.4) is 0 Å². The van der Waals surface area contributed by atoms with E-state index in [4.69, 9.17) is 4.74 Å². The summed E-state index contributed by atoms with van der Waals surface area (Å²) < 4.78 is 20.1. The van der Waals surface area contributed by atoms with Gasteiger partial charge in [0.1, 0.15) is 23.3 Å². The van der Waals surface area contributed by atoms with Crippen LogP contribution < -0.4 is 9.46 Å². The number of aliphatic hydroxyl groups is 1. The number of hydrogen-bond donors (Lipinski definition) is 2. The van der Waals surface area contributed by atoms with Gasteiger partial charge in [-0.3, -0.25) is 0 Å². The summed E-state index contributed by atoms with van der Waals surface area (Å²) in [6.07, 6.45) is 0.934. The summed E-state index contributed by atoms with van der Waals surface area (Å²) in [5.74, 6) is 0.601. The van der Waals surface area contributed by atoms with Crippen molar-refractivity contribution in [2.45, 2.75) is 12.7 Å². The number of halogens is 1. The van der Waals surface area contributed by atoms with E-state index in [0.29, 0.717) is 23.4 Å². The van der Waals surface area contributed by atoms with Crippen molar-refractivity contribution in [2.75, 3.05) is 16.3 Å². The first-order valence-electron chi connectivity index (χ1n) is 6.75. The number of hydrogen-bond acceptors (Lipinski definition) is 3. The average Bonchev–Trinajstić information content (AvgIpc) is 2.53. The number of benzene rings is 2. The van der Waals surface area contributed by atoms with Crippen molar-refractivity contribution in [3.8, 4) is 5.75 Å². The van der Waals surface area contributed by atoms with Gasteiger partial charge in [0.2, 0.25) is 0 Å². The summed E-state index contributed by atoms with van der Waals surface area (Å²) in [7, 11) is -1.22. The van der Waals surface area contributed by atoms with Gasteiger partial charge in [0.15, 0.2) is 0 Å². The van der Waals surface area contributed by atoms with Crippen LogP contribution in [0.2, 0.25) is 0 Å². The molecule has 0 bridgehead atoms. The topological polar surface area (TPSA) is 58.6 Å². The van der Waals surface area contributed by atoms with E-state index in [9.17, 15) is 9.32 Å². The number of rotatable bonds is 7. The van der Waals surface area contributed by atoms with Crippen LogP contribution in [0.15, 0.2) is 48.5 Å². The van der Waals surface area contributed by atoms with E-state index in [2.05, 4.69) is 20.7 Å².